The van der Waals surface area contributed by atoms with Gasteiger partial charge in [0.25, 0.3) is 0 Å². The van der Waals surface area contributed by atoms with Crippen LogP contribution in [0.25, 0.3) is 6.08 Å². The monoisotopic (exact) mass is 691 g/mol. The molecule has 47 heavy (non-hydrogen) atoms. The van der Waals surface area contributed by atoms with Crippen LogP contribution in [0.1, 0.15) is 15.9 Å². The maximum atomic E-state index is 13.5. The number of fused-ring (bicyclic) bond motifs is 1. The Morgan fingerprint density at radius 1 is 0.723 bits per heavy atom. The molecule has 228 valence electrons. The molecule has 0 spiro atoms. The molecule has 3 aromatic carbocycles. The van der Waals surface area contributed by atoms with E-state index < -0.39 is 64.0 Å². The van der Waals surface area contributed by atoms with E-state index in [2.05, 4.69) is 31.3 Å². The number of hydrogen-bond acceptors (Lipinski definition) is 15. The summed E-state index contributed by atoms with van der Waals surface area (Å²) >= 11 is 0. The maximum absolute atomic E-state index is 13.5. The first-order valence-corrected chi connectivity index (χ1v) is 15.4. The van der Waals surface area contributed by atoms with Crippen molar-refractivity contribution >= 4 is 77.7 Å². The van der Waals surface area contributed by atoms with E-state index in [1.165, 1.54) is 36.4 Å². The normalized spacial score (nSPS) is 15.1. The van der Waals surface area contributed by atoms with Crippen molar-refractivity contribution in [3.05, 3.63) is 101 Å². The van der Waals surface area contributed by atoms with Crippen molar-refractivity contribution in [1.29, 1.82) is 0 Å². The van der Waals surface area contributed by atoms with Crippen LogP contribution in [0.4, 0.5) is 28.4 Å². The number of hydrogen-bond donors (Lipinski definition) is 3. The Bertz CT molecular complexity index is 2130. The summed E-state index contributed by atoms with van der Waals surface area (Å²) in [4.78, 5) is 22.7. The molecule has 0 aromatic heterocycles. The predicted octanol–water partition coefficient (Wildman–Crippen LogP) is -2.39. The van der Waals surface area contributed by atoms with Crippen molar-refractivity contribution in [2.75, 3.05) is 16.6 Å². The minimum atomic E-state index is -5.31. The third-order valence-electron chi connectivity index (χ3n) is 6.19. The molecule has 0 saturated heterocycles. The Morgan fingerprint density at radius 2 is 1.32 bits per heavy atom. The van der Waals surface area contributed by atoms with Crippen LogP contribution in [-0.2, 0) is 25.0 Å². The average Bonchev–Trinajstić information content (AvgIpc) is 2.99. The Balaban J connectivity index is 0.00000300. The van der Waals surface area contributed by atoms with Crippen molar-refractivity contribution in [2.45, 2.75) is 4.90 Å². The van der Waals surface area contributed by atoms with E-state index in [1.54, 1.807) is 42.5 Å². The topological polar surface area (TPSA) is 248 Å². The van der Waals surface area contributed by atoms with Gasteiger partial charge in [-0.3, -0.25) is 20.4 Å². The Morgan fingerprint density at radius 3 is 1.91 bits per heavy atom. The van der Waals surface area contributed by atoms with E-state index in [4.69, 9.17) is 5.73 Å². The van der Waals surface area contributed by atoms with Crippen molar-refractivity contribution in [2.24, 2.45) is 20.4 Å². The van der Waals surface area contributed by atoms with Crippen molar-refractivity contribution < 1.29 is 94.6 Å². The van der Waals surface area contributed by atoms with E-state index in [-0.39, 0.29) is 70.6 Å². The molecule has 0 amide bonds. The number of nitrogens with zero attached hydrogens (tertiary/aromatic N) is 4. The molecular weight excluding hydrogens is 672 g/mol. The van der Waals surface area contributed by atoms with E-state index in [1.807, 2.05) is 0 Å². The van der Waals surface area contributed by atoms with Crippen molar-refractivity contribution in [1.82, 2.24) is 0 Å². The van der Waals surface area contributed by atoms with Gasteiger partial charge in [-0.05, 0) is 78.4 Å². The first-order chi connectivity index (χ1) is 21.3. The van der Waals surface area contributed by atoms with Crippen LogP contribution in [0.5, 0.6) is 0 Å². The van der Waals surface area contributed by atoms with Gasteiger partial charge in [-0.15, -0.1) is 5.11 Å². The van der Waals surface area contributed by atoms with E-state index in [9.17, 15) is 35.5 Å². The molecule has 5 rings (SSSR count). The van der Waals surface area contributed by atoms with Crippen molar-refractivity contribution in [3.8, 4) is 0 Å². The molecule has 0 atom stereocenters. The van der Waals surface area contributed by atoms with Gasteiger partial charge in [-0.1, -0.05) is 18.2 Å². The number of para-hydroxylation sites is 1. The Kier molecular flexibility index (Phi) is 12.5. The number of hydrazone groups is 2. The zero-order valence-electron chi connectivity index (χ0n) is 24.6. The van der Waals surface area contributed by atoms with Crippen LogP contribution >= 0.6 is 0 Å². The molecule has 19 heteroatoms. The molecule has 0 bridgehead atoms. The summed E-state index contributed by atoms with van der Waals surface area (Å²) in [6.45, 7) is 0. The minimum absolute atomic E-state index is 0. The number of carbonyl (C=O) groups is 2. The van der Waals surface area contributed by atoms with Crippen LogP contribution in [0.15, 0.2) is 115 Å². The predicted molar refractivity (Wildman–Crippen MR) is 163 cm³/mol. The number of Topliss-reactive ketones (excluding diaryl/α,β-unsaturated/α-hetero) is 1. The first kappa shape index (κ1) is 37.8. The van der Waals surface area contributed by atoms with E-state index >= 15 is 0 Å². The van der Waals surface area contributed by atoms with Crippen molar-refractivity contribution in [3.63, 3.8) is 0 Å². The van der Waals surface area contributed by atoms with Crippen LogP contribution in [-0.4, -0.2) is 48.9 Å². The number of nitrogen functional groups attached to an aromatic ring is 1. The molecule has 2 aliphatic carbocycles. The van der Waals surface area contributed by atoms with Gasteiger partial charge < -0.3 is 14.8 Å². The van der Waals surface area contributed by atoms with Crippen LogP contribution in [0, 0.1) is 0 Å². The number of rotatable bonds is 8. The summed E-state index contributed by atoms with van der Waals surface area (Å²) < 4.78 is 72.7. The molecule has 2 aliphatic rings. The third kappa shape index (κ3) is 9.05. The molecule has 0 radical (unpaired) electrons. The van der Waals surface area contributed by atoms with Gasteiger partial charge in [0, 0.05) is 0 Å². The molecule has 0 heterocycles. The number of anilines is 3. The molecule has 4 N–H and O–H groups in total. The van der Waals surface area contributed by atoms with Crippen LogP contribution < -0.4 is 75.7 Å². The smallest absolute Gasteiger partial charge is 0.744 e. The van der Waals surface area contributed by atoms with Gasteiger partial charge in [0.15, 0.2) is 5.78 Å². The van der Waals surface area contributed by atoms with Gasteiger partial charge in [0.05, 0.1) is 43.8 Å². The number of nitrogens with two attached hydrogens (primary N) is 1. The number of allylic oxidation sites excluding steroid dienone is 5. The van der Waals surface area contributed by atoms with E-state index in [0.717, 1.165) is 0 Å². The molecule has 0 fully saturated rings. The van der Waals surface area contributed by atoms with Crippen LogP contribution in [0.3, 0.4) is 0 Å². The second kappa shape index (κ2) is 15.5. The zero-order chi connectivity index (χ0) is 32.4. The zero-order valence-corrected chi connectivity index (χ0v) is 30.2. The summed E-state index contributed by atoms with van der Waals surface area (Å²) in [5, 5.41) is 15.7. The second-order valence-corrected chi connectivity index (χ2v) is 11.9. The summed E-state index contributed by atoms with van der Waals surface area (Å²) in [5.41, 5.74) is 10.0. The number of benzene rings is 3. The molecule has 15 nitrogen and oxygen atoms in total. The molecule has 3 aromatic rings. The number of carbonyl (C=O) groups excluding carboxylic acids is 2. The van der Waals surface area contributed by atoms with Crippen LogP contribution in [0.2, 0.25) is 0 Å². The largest absolute Gasteiger partial charge is 1.00 e. The number of ketones is 2. The van der Waals surface area contributed by atoms with Gasteiger partial charge in [-0.2, -0.15) is 15.3 Å². The summed E-state index contributed by atoms with van der Waals surface area (Å²) in [6.07, 6.45) is 6.48. The minimum Gasteiger partial charge on any atom is -0.744 e. The van der Waals surface area contributed by atoms with Gasteiger partial charge in [0.2, 0.25) is 5.78 Å². The quantitative estimate of drug-likeness (QED) is 0.0561. The summed E-state index contributed by atoms with van der Waals surface area (Å²) in [6, 6.07) is 14.8. The third-order valence-corrected chi connectivity index (χ3v) is 7.89. The molecule has 0 aliphatic heterocycles. The standard InChI is InChI=1S/C28H21N7O8S2.2Na/c29-25-24-16(15-23(45(41,42)43)27(28(24)37)35-32-17-4-2-1-3-5-17)14-22(44(38,39)40)26(25)34-33-19-8-6-18(7-9-19)30-31-20-10-12-21(36)13-11-20;;/h1-15,30,32H,29H2,(H,38,39,40)(H,41,42,43);;/q;2*+1/p-2/b34-33?,35-27-;;. The molecular formula is C28H19N7Na2O8S2. The number of azo groups is 1. The maximum Gasteiger partial charge on any atom is 1.00 e. The number of nitrogens with one attached hydrogen (secondary N) is 2. The fourth-order valence-electron chi connectivity index (χ4n) is 4.08. The summed E-state index contributed by atoms with van der Waals surface area (Å²) in [7, 11) is -10.6. The summed E-state index contributed by atoms with van der Waals surface area (Å²) in [5.74, 6) is -1.30. The van der Waals surface area contributed by atoms with Gasteiger partial charge in [-0.25, -0.2) is 16.8 Å². The second-order valence-electron chi connectivity index (χ2n) is 9.25. The fourth-order valence-corrected chi connectivity index (χ4v) is 5.38. The molecule has 0 saturated carbocycles. The fraction of sp³-hybridized carbons (Fsp3) is 0. The SMILES string of the molecule is Nc1c(N=Nc2ccc(NN=C3C=CC(=O)C=C3)cc2)c(S(=O)(=O)[O-])cc2c1C(=O)/C(=N\Nc1ccccc1)C(S(=O)(=O)[O-])=C2.[Na+].[Na+]. The first-order valence-electron chi connectivity index (χ1n) is 12.6. The Hall–Kier alpha value is -3.62. The van der Waals surface area contributed by atoms with Gasteiger partial charge >= 0.3 is 59.1 Å². The Labute approximate surface area is 312 Å². The van der Waals surface area contributed by atoms with E-state index in [0.29, 0.717) is 29.2 Å². The molecule has 0 unspecified atom stereocenters. The van der Waals surface area contributed by atoms with Gasteiger partial charge in [0.1, 0.15) is 31.6 Å². The average molecular weight is 692 g/mol.